The lowest BCUT2D eigenvalue weighted by Gasteiger charge is -2.14. The van der Waals surface area contributed by atoms with Crippen molar-refractivity contribution in [3.63, 3.8) is 0 Å². The number of carbonyl (C=O) groups is 1. The molecule has 0 atom stereocenters. The summed E-state index contributed by atoms with van der Waals surface area (Å²) in [5.74, 6) is 1.20. The number of halogens is 1. The Morgan fingerprint density at radius 1 is 1.48 bits per heavy atom. The molecule has 0 amide bonds. The van der Waals surface area contributed by atoms with Crippen LogP contribution in [-0.4, -0.2) is 25.1 Å². The van der Waals surface area contributed by atoms with Crippen LogP contribution < -0.4 is 4.74 Å². The summed E-state index contributed by atoms with van der Waals surface area (Å²) in [6.45, 7) is 2.87. The van der Waals surface area contributed by atoms with E-state index < -0.39 is 0 Å². The number of hydrogen-bond acceptors (Lipinski definition) is 3. The van der Waals surface area contributed by atoms with Gasteiger partial charge in [0.25, 0.3) is 0 Å². The van der Waals surface area contributed by atoms with E-state index in [0.717, 1.165) is 42.6 Å². The Labute approximate surface area is 130 Å². The van der Waals surface area contributed by atoms with Crippen LogP contribution >= 0.6 is 11.6 Å². The van der Waals surface area contributed by atoms with Gasteiger partial charge in [-0.3, -0.25) is 0 Å². The van der Waals surface area contributed by atoms with Gasteiger partial charge < -0.3 is 9.47 Å². The fourth-order valence-corrected chi connectivity index (χ4v) is 2.70. The third kappa shape index (κ3) is 4.24. The molecule has 1 aliphatic heterocycles. The average molecular weight is 309 g/mol. The summed E-state index contributed by atoms with van der Waals surface area (Å²) in [6, 6.07) is 6.04. The molecule has 1 heterocycles. The number of carbonyl (C=O) groups excluding carboxylic acids is 1. The Kier molecular flexibility index (Phi) is 6.12. The minimum absolute atomic E-state index is 0.285. The standard InChI is InChI=1S/C17H21ClO3/c1-2-20-16(19)12-14-8-5-11-21-15-9-3-6-13(17(14)15)7-4-10-18/h3,6,9,12H,2,4-5,7-8,10-11H2,1H3/b14-12+. The highest BCUT2D eigenvalue weighted by Gasteiger charge is 2.18. The Morgan fingerprint density at radius 3 is 3.10 bits per heavy atom. The van der Waals surface area contributed by atoms with Crippen LogP contribution in [0.5, 0.6) is 5.75 Å². The summed E-state index contributed by atoms with van der Waals surface area (Å²) in [7, 11) is 0. The number of aryl methyl sites for hydroxylation is 1. The summed E-state index contributed by atoms with van der Waals surface area (Å²) in [5, 5.41) is 0. The highest BCUT2D eigenvalue weighted by Crippen LogP contribution is 2.35. The van der Waals surface area contributed by atoms with E-state index >= 15 is 0 Å². The van der Waals surface area contributed by atoms with Crippen LogP contribution in [0.3, 0.4) is 0 Å². The molecule has 1 aromatic carbocycles. The maximum atomic E-state index is 11.8. The molecule has 0 saturated heterocycles. The van der Waals surface area contributed by atoms with Crippen molar-refractivity contribution in [1.29, 1.82) is 0 Å². The number of esters is 1. The summed E-state index contributed by atoms with van der Waals surface area (Å²) < 4.78 is 10.9. The molecule has 4 heteroatoms. The molecule has 0 saturated carbocycles. The van der Waals surface area contributed by atoms with Gasteiger partial charge in [0.1, 0.15) is 5.75 Å². The minimum Gasteiger partial charge on any atom is -0.493 e. The van der Waals surface area contributed by atoms with E-state index in [4.69, 9.17) is 21.1 Å². The van der Waals surface area contributed by atoms with Gasteiger partial charge in [-0.15, -0.1) is 11.6 Å². The van der Waals surface area contributed by atoms with Crippen molar-refractivity contribution < 1.29 is 14.3 Å². The second-order valence-corrected chi connectivity index (χ2v) is 5.33. The summed E-state index contributed by atoms with van der Waals surface area (Å²) >= 11 is 5.81. The van der Waals surface area contributed by atoms with E-state index in [0.29, 0.717) is 19.1 Å². The maximum absolute atomic E-state index is 11.8. The summed E-state index contributed by atoms with van der Waals surface area (Å²) in [6.07, 6.45) is 5.13. The highest BCUT2D eigenvalue weighted by molar-refractivity contribution is 6.17. The molecule has 2 rings (SSSR count). The molecule has 21 heavy (non-hydrogen) atoms. The van der Waals surface area contributed by atoms with E-state index in [1.165, 1.54) is 5.56 Å². The largest absolute Gasteiger partial charge is 0.493 e. The molecule has 0 spiro atoms. The number of alkyl halides is 1. The van der Waals surface area contributed by atoms with Crippen LogP contribution in [-0.2, 0) is 16.0 Å². The van der Waals surface area contributed by atoms with Gasteiger partial charge in [0.15, 0.2) is 0 Å². The second kappa shape index (κ2) is 8.08. The van der Waals surface area contributed by atoms with Gasteiger partial charge >= 0.3 is 5.97 Å². The maximum Gasteiger partial charge on any atom is 0.331 e. The Morgan fingerprint density at radius 2 is 2.33 bits per heavy atom. The van der Waals surface area contributed by atoms with Crippen LogP contribution in [0.2, 0.25) is 0 Å². The molecule has 0 aromatic heterocycles. The Balaban J connectivity index is 2.39. The second-order valence-electron chi connectivity index (χ2n) is 4.96. The normalized spacial score (nSPS) is 16.0. The molecule has 3 nitrogen and oxygen atoms in total. The van der Waals surface area contributed by atoms with Crippen LogP contribution in [0, 0.1) is 0 Å². The molecule has 0 aliphatic carbocycles. The molecular weight excluding hydrogens is 288 g/mol. The number of allylic oxidation sites excluding steroid dienone is 1. The van der Waals surface area contributed by atoms with Crippen LogP contribution in [0.1, 0.15) is 37.3 Å². The van der Waals surface area contributed by atoms with Gasteiger partial charge in [-0.05, 0) is 49.8 Å². The lowest BCUT2D eigenvalue weighted by Crippen LogP contribution is -2.03. The van der Waals surface area contributed by atoms with E-state index in [9.17, 15) is 4.79 Å². The molecule has 1 aliphatic rings. The van der Waals surface area contributed by atoms with Crippen molar-refractivity contribution in [2.45, 2.75) is 32.6 Å². The van der Waals surface area contributed by atoms with Crippen LogP contribution in [0.25, 0.3) is 5.57 Å². The quantitative estimate of drug-likeness (QED) is 0.469. The zero-order chi connectivity index (χ0) is 15.1. The zero-order valence-corrected chi connectivity index (χ0v) is 13.1. The zero-order valence-electron chi connectivity index (χ0n) is 12.4. The lowest BCUT2D eigenvalue weighted by atomic mass is 9.93. The van der Waals surface area contributed by atoms with E-state index in [2.05, 4.69) is 6.07 Å². The number of ether oxygens (including phenoxy) is 2. The Bertz CT molecular complexity index is 523. The van der Waals surface area contributed by atoms with Gasteiger partial charge in [0.2, 0.25) is 0 Å². The molecule has 0 fully saturated rings. The molecule has 0 radical (unpaired) electrons. The van der Waals surface area contributed by atoms with E-state index in [1.54, 1.807) is 6.08 Å². The molecule has 114 valence electrons. The fourth-order valence-electron chi connectivity index (χ4n) is 2.57. The predicted octanol–water partition coefficient (Wildman–Crippen LogP) is 3.98. The van der Waals surface area contributed by atoms with Gasteiger partial charge in [0.05, 0.1) is 13.2 Å². The minimum atomic E-state index is -0.285. The van der Waals surface area contributed by atoms with Crippen molar-refractivity contribution in [2.24, 2.45) is 0 Å². The molecule has 0 N–H and O–H groups in total. The first-order valence-corrected chi connectivity index (χ1v) is 7.98. The average Bonchev–Trinajstić information content (AvgIpc) is 2.68. The molecule has 1 aromatic rings. The molecule has 0 bridgehead atoms. The highest BCUT2D eigenvalue weighted by atomic mass is 35.5. The number of benzene rings is 1. The van der Waals surface area contributed by atoms with Gasteiger partial charge in [-0.1, -0.05) is 12.1 Å². The molecular formula is C17H21ClO3. The lowest BCUT2D eigenvalue weighted by molar-refractivity contribution is -0.137. The first kappa shape index (κ1) is 15.9. The topological polar surface area (TPSA) is 35.5 Å². The van der Waals surface area contributed by atoms with Crippen molar-refractivity contribution >= 4 is 23.1 Å². The fraction of sp³-hybridized carbons (Fsp3) is 0.471. The van der Waals surface area contributed by atoms with Crippen molar-refractivity contribution in [3.05, 3.63) is 35.4 Å². The van der Waals surface area contributed by atoms with Crippen LogP contribution in [0.15, 0.2) is 24.3 Å². The third-order valence-corrected chi connectivity index (χ3v) is 3.71. The van der Waals surface area contributed by atoms with Crippen molar-refractivity contribution in [1.82, 2.24) is 0 Å². The van der Waals surface area contributed by atoms with Crippen molar-refractivity contribution in [2.75, 3.05) is 19.1 Å². The predicted molar refractivity (Wildman–Crippen MR) is 84.8 cm³/mol. The third-order valence-electron chi connectivity index (χ3n) is 3.44. The monoisotopic (exact) mass is 308 g/mol. The Hall–Kier alpha value is -1.48. The van der Waals surface area contributed by atoms with E-state index in [1.807, 2.05) is 19.1 Å². The van der Waals surface area contributed by atoms with Gasteiger partial charge in [0, 0.05) is 17.5 Å². The number of hydrogen-bond donors (Lipinski definition) is 0. The SMILES string of the molecule is CCOC(=O)/C=C1\CCCOc2cccc(CCCCl)c21. The van der Waals surface area contributed by atoms with Crippen molar-refractivity contribution in [3.8, 4) is 5.75 Å². The first-order chi connectivity index (χ1) is 10.3. The number of fused-ring (bicyclic) bond motifs is 1. The van der Waals surface area contributed by atoms with Gasteiger partial charge in [-0.25, -0.2) is 4.79 Å². The van der Waals surface area contributed by atoms with Gasteiger partial charge in [-0.2, -0.15) is 0 Å². The summed E-state index contributed by atoms with van der Waals surface area (Å²) in [5.41, 5.74) is 3.24. The van der Waals surface area contributed by atoms with Crippen LogP contribution in [0.4, 0.5) is 0 Å². The van der Waals surface area contributed by atoms with E-state index in [-0.39, 0.29) is 5.97 Å². The first-order valence-electron chi connectivity index (χ1n) is 7.44. The number of rotatable bonds is 5. The summed E-state index contributed by atoms with van der Waals surface area (Å²) in [4.78, 5) is 11.8. The smallest absolute Gasteiger partial charge is 0.331 e. The molecule has 0 unspecified atom stereocenters.